The summed E-state index contributed by atoms with van der Waals surface area (Å²) in [5, 5.41) is 3.18. The predicted molar refractivity (Wildman–Crippen MR) is 84.8 cm³/mol. The number of nitrogens with one attached hydrogen (secondary N) is 1. The second-order valence-electron chi connectivity index (χ2n) is 5.40. The molecule has 2 aromatic carbocycles. The molecule has 2 aromatic rings. The molecule has 110 valence electrons. The van der Waals surface area contributed by atoms with Crippen LogP contribution in [0.1, 0.15) is 18.4 Å². The first kappa shape index (κ1) is 14.0. The molecule has 0 spiro atoms. The quantitative estimate of drug-likeness (QED) is 0.878. The van der Waals surface area contributed by atoms with E-state index in [-0.39, 0.29) is 0 Å². The van der Waals surface area contributed by atoms with Crippen LogP contribution in [-0.2, 0) is 6.54 Å². The summed E-state index contributed by atoms with van der Waals surface area (Å²) in [6.07, 6.45) is 2.82. The van der Waals surface area contributed by atoms with Crippen molar-refractivity contribution in [3.8, 4) is 22.6 Å². The molecule has 3 nitrogen and oxygen atoms in total. The Labute approximate surface area is 125 Å². The molecule has 0 saturated heterocycles. The number of benzene rings is 2. The van der Waals surface area contributed by atoms with E-state index >= 15 is 0 Å². The first-order valence-corrected chi connectivity index (χ1v) is 7.39. The van der Waals surface area contributed by atoms with Crippen LogP contribution in [0.4, 0.5) is 0 Å². The van der Waals surface area contributed by atoms with Crippen molar-refractivity contribution in [1.29, 1.82) is 0 Å². The Kier molecular flexibility index (Phi) is 4.11. The standard InChI is InChI=1S/C18H21NO2/c1-19-12-15-11-14(5-10-18(15)20-2)13-3-6-16(7-4-13)21-17-8-9-17/h3-7,10-11,17,19H,8-9,12H2,1-2H3. The third kappa shape index (κ3) is 3.37. The van der Waals surface area contributed by atoms with E-state index < -0.39 is 0 Å². The van der Waals surface area contributed by atoms with Gasteiger partial charge in [-0.3, -0.25) is 0 Å². The molecule has 0 radical (unpaired) electrons. The highest BCUT2D eigenvalue weighted by atomic mass is 16.5. The van der Waals surface area contributed by atoms with Crippen LogP contribution in [0.25, 0.3) is 11.1 Å². The SMILES string of the molecule is CNCc1cc(-c2ccc(OC3CC3)cc2)ccc1OC. The third-order valence-corrected chi connectivity index (χ3v) is 3.66. The van der Waals surface area contributed by atoms with Crippen molar-refractivity contribution in [2.75, 3.05) is 14.2 Å². The molecule has 0 bridgehead atoms. The van der Waals surface area contributed by atoms with Gasteiger partial charge in [-0.15, -0.1) is 0 Å². The molecule has 0 amide bonds. The Hall–Kier alpha value is -2.00. The number of hydrogen-bond acceptors (Lipinski definition) is 3. The Balaban J connectivity index is 1.83. The second kappa shape index (κ2) is 6.19. The highest BCUT2D eigenvalue weighted by Crippen LogP contribution is 2.30. The van der Waals surface area contributed by atoms with Gasteiger partial charge < -0.3 is 14.8 Å². The van der Waals surface area contributed by atoms with Crippen molar-refractivity contribution in [3.05, 3.63) is 48.0 Å². The van der Waals surface area contributed by atoms with Crippen molar-refractivity contribution in [1.82, 2.24) is 5.32 Å². The Bertz CT molecular complexity index is 603. The van der Waals surface area contributed by atoms with E-state index in [1.165, 1.54) is 24.0 Å². The van der Waals surface area contributed by atoms with Crippen LogP contribution in [0.15, 0.2) is 42.5 Å². The number of methoxy groups -OCH3 is 1. The maximum absolute atomic E-state index is 5.78. The van der Waals surface area contributed by atoms with Gasteiger partial charge in [-0.1, -0.05) is 18.2 Å². The van der Waals surface area contributed by atoms with Crippen LogP contribution in [0.3, 0.4) is 0 Å². The zero-order valence-corrected chi connectivity index (χ0v) is 12.6. The highest BCUT2D eigenvalue weighted by molar-refractivity contribution is 5.66. The predicted octanol–water partition coefficient (Wildman–Crippen LogP) is 3.62. The van der Waals surface area contributed by atoms with Crippen LogP contribution in [-0.4, -0.2) is 20.3 Å². The minimum atomic E-state index is 0.444. The summed E-state index contributed by atoms with van der Waals surface area (Å²) >= 11 is 0. The first-order chi connectivity index (χ1) is 10.3. The number of hydrogen-bond donors (Lipinski definition) is 1. The van der Waals surface area contributed by atoms with Crippen LogP contribution < -0.4 is 14.8 Å². The number of ether oxygens (including phenoxy) is 2. The lowest BCUT2D eigenvalue weighted by atomic mass is 10.0. The van der Waals surface area contributed by atoms with Gasteiger partial charge in [0.15, 0.2) is 0 Å². The Morgan fingerprint density at radius 3 is 2.38 bits per heavy atom. The molecule has 0 unspecified atom stereocenters. The lowest BCUT2D eigenvalue weighted by Gasteiger charge is -2.11. The monoisotopic (exact) mass is 283 g/mol. The molecule has 1 aliphatic rings. The first-order valence-electron chi connectivity index (χ1n) is 7.39. The van der Waals surface area contributed by atoms with Crippen molar-refractivity contribution >= 4 is 0 Å². The Morgan fingerprint density at radius 2 is 1.76 bits per heavy atom. The fourth-order valence-electron chi connectivity index (χ4n) is 2.39. The smallest absolute Gasteiger partial charge is 0.123 e. The van der Waals surface area contributed by atoms with Gasteiger partial charge >= 0.3 is 0 Å². The lowest BCUT2D eigenvalue weighted by Crippen LogP contribution is -2.06. The van der Waals surface area contributed by atoms with Crippen LogP contribution in [0, 0.1) is 0 Å². The lowest BCUT2D eigenvalue weighted by molar-refractivity contribution is 0.303. The van der Waals surface area contributed by atoms with Crippen molar-refractivity contribution in [2.45, 2.75) is 25.5 Å². The second-order valence-corrected chi connectivity index (χ2v) is 5.40. The van der Waals surface area contributed by atoms with E-state index in [9.17, 15) is 0 Å². The van der Waals surface area contributed by atoms with Crippen LogP contribution in [0.2, 0.25) is 0 Å². The maximum Gasteiger partial charge on any atom is 0.123 e. The minimum Gasteiger partial charge on any atom is -0.496 e. The summed E-state index contributed by atoms with van der Waals surface area (Å²) in [5.74, 6) is 1.88. The normalized spacial score (nSPS) is 14.0. The summed E-state index contributed by atoms with van der Waals surface area (Å²) in [5.41, 5.74) is 3.55. The summed E-state index contributed by atoms with van der Waals surface area (Å²) in [6, 6.07) is 14.6. The highest BCUT2D eigenvalue weighted by Gasteiger charge is 2.23. The van der Waals surface area contributed by atoms with Gasteiger partial charge in [0, 0.05) is 12.1 Å². The van der Waals surface area contributed by atoms with Gasteiger partial charge in [0.25, 0.3) is 0 Å². The summed E-state index contributed by atoms with van der Waals surface area (Å²) in [7, 11) is 3.65. The van der Waals surface area contributed by atoms with E-state index in [0.29, 0.717) is 6.10 Å². The molecule has 0 aromatic heterocycles. The van der Waals surface area contributed by atoms with Gasteiger partial charge in [0.2, 0.25) is 0 Å². The van der Waals surface area contributed by atoms with Gasteiger partial charge in [0.05, 0.1) is 13.2 Å². The molecule has 3 heteroatoms. The third-order valence-electron chi connectivity index (χ3n) is 3.66. The van der Waals surface area contributed by atoms with E-state index in [1.54, 1.807) is 7.11 Å². The molecule has 3 rings (SSSR count). The van der Waals surface area contributed by atoms with Crippen molar-refractivity contribution < 1.29 is 9.47 Å². The van der Waals surface area contributed by atoms with Gasteiger partial charge in [0.1, 0.15) is 11.5 Å². The topological polar surface area (TPSA) is 30.5 Å². The van der Waals surface area contributed by atoms with Crippen LogP contribution >= 0.6 is 0 Å². The van der Waals surface area contributed by atoms with Crippen molar-refractivity contribution in [2.24, 2.45) is 0 Å². The van der Waals surface area contributed by atoms with Gasteiger partial charge in [-0.2, -0.15) is 0 Å². The van der Waals surface area contributed by atoms with E-state index in [0.717, 1.165) is 23.6 Å². The minimum absolute atomic E-state index is 0.444. The number of rotatable bonds is 6. The van der Waals surface area contributed by atoms with Gasteiger partial charge in [-0.05, 0) is 55.3 Å². The molecular formula is C18H21NO2. The molecule has 21 heavy (non-hydrogen) atoms. The van der Waals surface area contributed by atoms with Crippen molar-refractivity contribution in [3.63, 3.8) is 0 Å². The summed E-state index contributed by atoms with van der Waals surface area (Å²) in [6.45, 7) is 0.792. The average Bonchev–Trinajstić information content (AvgIpc) is 3.32. The van der Waals surface area contributed by atoms with E-state index in [1.807, 2.05) is 13.1 Å². The molecular weight excluding hydrogens is 262 g/mol. The summed E-state index contributed by atoms with van der Waals surface area (Å²) < 4.78 is 11.2. The fraction of sp³-hybridized carbons (Fsp3) is 0.333. The average molecular weight is 283 g/mol. The van der Waals surface area contributed by atoms with E-state index in [2.05, 4.69) is 41.7 Å². The van der Waals surface area contributed by atoms with E-state index in [4.69, 9.17) is 9.47 Å². The molecule has 0 aliphatic heterocycles. The fourth-order valence-corrected chi connectivity index (χ4v) is 2.39. The zero-order chi connectivity index (χ0) is 14.7. The van der Waals surface area contributed by atoms with Gasteiger partial charge in [-0.25, -0.2) is 0 Å². The molecule has 0 heterocycles. The molecule has 1 saturated carbocycles. The maximum atomic E-state index is 5.78. The zero-order valence-electron chi connectivity index (χ0n) is 12.6. The summed E-state index contributed by atoms with van der Waals surface area (Å²) in [4.78, 5) is 0. The molecule has 1 N–H and O–H groups in total. The molecule has 0 atom stereocenters. The van der Waals surface area contributed by atoms with Crippen LogP contribution in [0.5, 0.6) is 11.5 Å². The molecule has 1 aliphatic carbocycles. The Morgan fingerprint density at radius 1 is 1.05 bits per heavy atom. The largest absolute Gasteiger partial charge is 0.496 e. The molecule has 1 fully saturated rings.